The van der Waals surface area contributed by atoms with E-state index in [2.05, 4.69) is 5.32 Å². The fourth-order valence-electron chi connectivity index (χ4n) is 1.89. The first-order chi connectivity index (χ1) is 10.5. The number of carbonyl (C=O) groups excluding carboxylic acids is 1. The Morgan fingerprint density at radius 2 is 1.95 bits per heavy atom. The number of benzene rings is 2. The molecule has 0 aliphatic carbocycles. The van der Waals surface area contributed by atoms with Crippen LogP contribution in [0, 0.1) is 12.7 Å². The summed E-state index contributed by atoms with van der Waals surface area (Å²) < 4.78 is 19.1. The minimum absolute atomic E-state index is 0.0203. The maximum Gasteiger partial charge on any atom is 0.224 e. The van der Waals surface area contributed by atoms with Crippen LogP contribution in [-0.2, 0) is 11.2 Å². The molecule has 1 amide bonds. The molecule has 0 bridgehead atoms. The Balaban J connectivity index is 1.72. The molecule has 0 heterocycles. The summed E-state index contributed by atoms with van der Waals surface area (Å²) in [6.45, 7) is 2.72. The van der Waals surface area contributed by atoms with Crippen LogP contribution in [0.2, 0.25) is 5.02 Å². The number of carbonyl (C=O) groups is 1. The van der Waals surface area contributed by atoms with Crippen LogP contribution in [-0.4, -0.2) is 19.1 Å². The van der Waals surface area contributed by atoms with E-state index in [0.29, 0.717) is 23.7 Å². The Hall–Kier alpha value is -2.07. The number of hydrogen-bond donors (Lipinski definition) is 1. The molecule has 2 aromatic carbocycles. The highest BCUT2D eigenvalue weighted by Gasteiger charge is 2.08. The van der Waals surface area contributed by atoms with Crippen LogP contribution in [0.4, 0.5) is 4.39 Å². The molecule has 0 saturated carbocycles. The van der Waals surface area contributed by atoms with Crippen molar-refractivity contribution >= 4 is 17.5 Å². The van der Waals surface area contributed by atoms with Gasteiger partial charge in [-0.1, -0.05) is 35.4 Å². The number of halogens is 2. The Morgan fingerprint density at radius 1 is 1.23 bits per heavy atom. The molecule has 116 valence electrons. The molecule has 0 unspecified atom stereocenters. The topological polar surface area (TPSA) is 38.3 Å². The number of amides is 1. The van der Waals surface area contributed by atoms with Crippen LogP contribution in [0.25, 0.3) is 0 Å². The van der Waals surface area contributed by atoms with Crippen molar-refractivity contribution in [2.45, 2.75) is 13.3 Å². The van der Waals surface area contributed by atoms with Crippen molar-refractivity contribution < 1.29 is 13.9 Å². The molecule has 0 aliphatic heterocycles. The predicted octanol–water partition coefficient (Wildman–Crippen LogP) is 3.53. The summed E-state index contributed by atoms with van der Waals surface area (Å²) in [5.41, 5.74) is 1.48. The zero-order valence-corrected chi connectivity index (χ0v) is 13.0. The number of nitrogens with one attached hydrogen (secondary N) is 1. The fourth-order valence-corrected chi connectivity index (χ4v) is 2.05. The van der Waals surface area contributed by atoms with Crippen molar-refractivity contribution in [2.24, 2.45) is 0 Å². The number of ether oxygens (including phenoxy) is 1. The molecular formula is C17H17ClFNO2. The molecule has 0 aromatic heterocycles. The third-order valence-electron chi connectivity index (χ3n) is 3.08. The van der Waals surface area contributed by atoms with E-state index in [-0.39, 0.29) is 12.3 Å². The molecule has 0 spiro atoms. The summed E-state index contributed by atoms with van der Waals surface area (Å²) in [4.78, 5) is 11.7. The average molecular weight is 322 g/mol. The standard InChI is InChI=1S/C17H17ClFNO2/c1-12-2-6-15(7-3-12)22-9-8-20-17(21)10-13-4-5-14(18)11-16(13)19/h2-7,11H,8-10H2,1H3,(H,20,21). The van der Waals surface area contributed by atoms with Gasteiger partial charge in [-0.15, -0.1) is 0 Å². The zero-order valence-electron chi connectivity index (χ0n) is 12.2. The summed E-state index contributed by atoms with van der Waals surface area (Å²) in [6, 6.07) is 11.9. The normalized spacial score (nSPS) is 10.3. The van der Waals surface area contributed by atoms with E-state index in [1.807, 2.05) is 31.2 Å². The van der Waals surface area contributed by atoms with Gasteiger partial charge in [-0.3, -0.25) is 4.79 Å². The molecule has 5 heteroatoms. The van der Waals surface area contributed by atoms with Crippen molar-refractivity contribution in [1.29, 1.82) is 0 Å². The van der Waals surface area contributed by atoms with E-state index in [0.717, 1.165) is 11.3 Å². The van der Waals surface area contributed by atoms with E-state index < -0.39 is 5.82 Å². The van der Waals surface area contributed by atoms with Gasteiger partial charge in [-0.05, 0) is 36.8 Å². The SMILES string of the molecule is Cc1ccc(OCCNC(=O)Cc2ccc(Cl)cc2F)cc1. The maximum atomic E-state index is 13.6. The monoisotopic (exact) mass is 321 g/mol. The van der Waals surface area contributed by atoms with Gasteiger partial charge in [0.05, 0.1) is 13.0 Å². The molecule has 0 radical (unpaired) electrons. The Kier molecular flexibility index (Phi) is 5.78. The van der Waals surface area contributed by atoms with Gasteiger partial charge in [0.1, 0.15) is 18.2 Å². The van der Waals surface area contributed by atoms with E-state index in [4.69, 9.17) is 16.3 Å². The first-order valence-corrected chi connectivity index (χ1v) is 7.32. The van der Waals surface area contributed by atoms with Gasteiger partial charge in [-0.2, -0.15) is 0 Å². The van der Waals surface area contributed by atoms with Crippen LogP contribution in [0.3, 0.4) is 0 Å². The molecule has 0 fully saturated rings. The van der Waals surface area contributed by atoms with E-state index in [1.54, 1.807) is 6.07 Å². The third kappa shape index (κ3) is 5.04. The first kappa shape index (κ1) is 16.3. The molecule has 2 rings (SSSR count). The second kappa shape index (κ2) is 7.80. The second-order valence-corrected chi connectivity index (χ2v) is 5.36. The maximum absolute atomic E-state index is 13.6. The molecule has 0 aliphatic rings. The van der Waals surface area contributed by atoms with Gasteiger partial charge < -0.3 is 10.1 Å². The number of aryl methyl sites for hydroxylation is 1. The van der Waals surface area contributed by atoms with Crippen molar-refractivity contribution in [3.63, 3.8) is 0 Å². The third-order valence-corrected chi connectivity index (χ3v) is 3.32. The molecule has 0 atom stereocenters. The molecule has 0 saturated heterocycles. The predicted molar refractivity (Wildman–Crippen MR) is 84.8 cm³/mol. The molecule has 2 aromatic rings. The lowest BCUT2D eigenvalue weighted by Crippen LogP contribution is -2.29. The number of hydrogen-bond acceptors (Lipinski definition) is 2. The lowest BCUT2D eigenvalue weighted by Gasteiger charge is -2.08. The van der Waals surface area contributed by atoms with Gasteiger partial charge in [-0.25, -0.2) is 4.39 Å². The molecular weight excluding hydrogens is 305 g/mol. The highest BCUT2D eigenvalue weighted by molar-refractivity contribution is 6.30. The van der Waals surface area contributed by atoms with Crippen LogP contribution in [0.5, 0.6) is 5.75 Å². The second-order valence-electron chi connectivity index (χ2n) is 4.92. The lowest BCUT2D eigenvalue weighted by molar-refractivity contribution is -0.120. The van der Waals surface area contributed by atoms with Crippen molar-refractivity contribution in [3.8, 4) is 5.75 Å². The minimum Gasteiger partial charge on any atom is -0.492 e. The minimum atomic E-state index is -0.474. The largest absolute Gasteiger partial charge is 0.492 e. The summed E-state index contributed by atoms with van der Waals surface area (Å²) in [7, 11) is 0. The van der Waals surface area contributed by atoms with Crippen molar-refractivity contribution in [1.82, 2.24) is 5.32 Å². The highest BCUT2D eigenvalue weighted by atomic mass is 35.5. The van der Waals surface area contributed by atoms with Crippen molar-refractivity contribution in [2.75, 3.05) is 13.2 Å². The van der Waals surface area contributed by atoms with Gasteiger partial charge in [0, 0.05) is 5.02 Å². The summed E-state index contributed by atoms with van der Waals surface area (Å²) >= 11 is 5.67. The Morgan fingerprint density at radius 3 is 2.64 bits per heavy atom. The molecule has 3 nitrogen and oxygen atoms in total. The van der Waals surface area contributed by atoms with E-state index >= 15 is 0 Å². The van der Waals surface area contributed by atoms with Crippen LogP contribution in [0.1, 0.15) is 11.1 Å². The van der Waals surface area contributed by atoms with E-state index in [9.17, 15) is 9.18 Å². The summed E-state index contributed by atoms with van der Waals surface area (Å²) in [6.07, 6.45) is -0.0203. The van der Waals surface area contributed by atoms with Gasteiger partial charge >= 0.3 is 0 Å². The van der Waals surface area contributed by atoms with E-state index in [1.165, 1.54) is 12.1 Å². The van der Waals surface area contributed by atoms with Crippen LogP contribution in [0.15, 0.2) is 42.5 Å². The fraction of sp³-hybridized carbons (Fsp3) is 0.235. The quantitative estimate of drug-likeness (QED) is 0.827. The first-order valence-electron chi connectivity index (χ1n) is 6.94. The summed E-state index contributed by atoms with van der Waals surface area (Å²) in [5, 5.41) is 3.00. The van der Waals surface area contributed by atoms with Gasteiger partial charge in [0.15, 0.2) is 0 Å². The smallest absolute Gasteiger partial charge is 0.224 e. The summed E-state index contributed by atoms with van der Waals surface area (Å²) in [5.74, 6) is 0.0240. The molecule has 1 N–H and O–H groups in total. The Labute approximate surface area is 134 Å². The number of rotatable bonds is 6. The van der Waals surface area contributed by atoms with Gasteiger partial charge in [0.2, 0.25) is 5.91 Å². The molecule has 22 heavy (non-hydrogen) atoms. The lowest BCUT2D eigenvalue weighted by atomic mass is 10.1. The zero-order chi connectivity index (χ0) is 15.9. The van der Waals surface area contributed by atoms with Crippen LogP contribution < -0.4 is 10.1 Å². The van der Waals surface area contributed by atoms with Gasteiger partial charge in [0.25, 0.3) is 0 Å². The van der Waals surface area contributed by atoms with Crippen molar-refractivity contribution in [3.05, 3.63) is 64.4 Å². The van der Waals surface area contributed by atoms with Crippen LogP contribution >= 0.6 is 11.6 Å². The average Bonchev–Trinajstić information content (AvgIpc) is 2.48. The Bertz CT molecular complexity index is 644. The highest BCUT2D eigenvalue weighted by Crippen LogP contribution is 2.15.